The van der Waals surface area contributed by atoms with Crippen molar-refractivity contribution in [2.75, 3.05) is 14.2 Å². The van der Waals surface area contributed by atoms with Gasteiger partial charge in [-0.2, -0.15) is 5.10 Å². The van der Waals surface area contributed by atoms with E-state index >= 15 is 0 Å². The summed E-state index contributed by atoms with van der Waals surface area (Å²) in [5, 5.41) is 4.41. The standard InChI is InChI=1S/C18H17N3O3/c1-23-15-10-8-13(9-11-15)17-12-16(18(22)20-24-2)19-21(17)14-6-4-3-5-7-14/h3-12H,1-2H3,(H,20,22). The molecule has 6 nitrogen and oxygen atoms in total. The molecule has 0 aliphatic rings. The fraction of sp³-hybridized carbons (Fsp3) is 0.111. The van der Waals surface area contributed by atoms with Gasteiger partial charge in [-0.3, -0.25) is 9.63 Å². The monoisotopic (exact) mass is 323 g/mol. The molecule has 0 radical (unpaired) electrons. The number of benzene rings is 2. The Morgan fingerprint density at radius 2 is 1.75 bits per heavy atom. The van der Waals surface area contributed by atoms with Gasteiger partial charge in [0.2, 0.25) is 0 Å². The first-order chi connectivity index (χ1) is 11.7. The lowest BCUT2D eigenvalue weighted by atomic mass is 10.1. The zero-order chi connectivity index (χ0) is 16.9. The molecule has 6 heteroatoms. The first-order valence-electron chi connectivity index (χ1n) is 7.36. The molecule has 0 saturated heterocycles. The Bertz CT molecular complexity index is 826. The normalized spacial score (nSPS) is 10.4. The molecular weight excluding hydrogens is 306 g/mol. The van der Waals surface area contributed by atoms with Gasteiger partial charge in [-0.15, -0.1) is 0 Å². The number of methoxy groups -OCH3 is 1. The summed E-state index contributed by atoms with van der Waals surface area (Å²) in [6.45, 7) is 0. The molecule has 0 atom stereocenters. The lowest BCUT2D eigenvalue weighted by molar-refractivity contribution is 0.0532. The number of ether oxygens (including phenoxy) is 1. The van der Waals surface area contributed by atoms with Crippen molar-refractivity contribution in [1.82, 2.24) is 15.3 Å². The van der Waals surface area contributed by atoms with E-state index in [0.29, 0.717) is 0 Å². The average Bonchev–Trinajstić information content (AvgIpc) is 3.08. The van der Waals surface area contributed by atoms with Crippen LogP contribution in [-0.2, 0) is 4.84 Å². The van der Waals surface area contributed by atoms with Gasteiger partial charge in [0.1, 0.15) is 5.75 Å². The SMILES string of the molecule is CONC(=O)c1cc(-c2ccc(OC)cc2)n(-c2ccccc2)n1. The van der Waals surface area contributed by atoms with Gasteiger partial charge in [0.25, 0.3) is 5.91 Å². The summed E-state index contributed by atoms with van der Waals surface area (Å²) in [4.78, 5) is 16.7. The van der Waals surface area contributed by atoms with Crippen LogP contribution in [0.2, 0.25) is 0 Å². The fourth-order valence-corrected chi connectivity index (χ4v) is 2.37. The number of nitrogens with zero attached hydrogens (tertiary/aromatic N) is 2. The highest BCUT2D eigenvalue weighted by Crippen LogP contribution is 2.26. The zero-order valence-corrected chi connectivity index (χ0v) is 13.4. The lowest BCUT2D eigenvalue weighted by Gasteiger charge is -2.08. The third-order valence-electron chi connectivity index (χ3n) is 3.52. The predicted octanol–water partition coefficient (Wildman–Crippen LogP) is 2.84. The molecule has 0 aliphatic carbocycles. The Morgan fingerprint density at radius 3 is 2.38 bits per heavy atom. The molecule has 1 amide bonds. The number of hydrogen-bond donors (Lipinski definition) is 1. The summed E-state index contributed by atoms with van der Waals surface area (Å²) in [5.74, 6) is 0.365. The van der Waals surface area contributed by atoms with Crippen molar-refractivity contribution in [2.24, 2.45) is 0 Å². The summed E-state index contributed by atoms with van der Waals surface area (Å²) in [6.07, 6.45) is 0. The minimum absolute atomic E-state index is 0.270. The molecule has 1 N–H and O–H groups in total. The maximum atomic E-state index is 12.0. The third kappa shape index (κ3) is 3.13. The van der Waals surface area contributed by atoms with Crippen molar-refractivity contribution in [3.05, 3.63) is 66.4 Å². The van der Waals surface area contributed by atoms with Gasteiger partial charge in [-0.25, -0.2) is 10.2 Å². The Hall–Kier alpha value is -3.12. The van der Waals surface area contributed by atoms with Crippen LogP contribution < -0.4 is 10.2 Å². The van der Waals surface area contributed by atoms with Crippen molar-refractivity contribution in [3.63, 3.8) is 0 Å². The van der Waals surface area contributed by atoms with Crippen LogP contribution in [0.1, 0.15) is 10.5 Å². The van der Waals surface area contributed by atoms with Crippen LogP contribution in [0.3, 0.4) is 0 Å². The zero-order valence-electron chi connectivity index (χ0n) is 13.4. The van der Waals surface area contributed by atoms with Gasteiger partial charge >= 0.3 is 0 Å². The maximum absolute atomic E-state index is 12.0. The smallest absolute Gasteiger partial charge is 0.295 e. The lowest BCUT2D eigenvalue weighted by Crippen LogP contribution is -2.22. The van der Waals surface area contributed by atoms with Gasteiger partial charge < -0.3 is 4.74 Å². The largest absolute Gasteiger partial charge is 0.497 e. The minimum atomic E-state index is -0.401. The first kappa shape index (κ1) is 15.8. The van der Waals surface area contributed by atoms with E-state index in [-0.39, 0.29) is 5.69 Å². The molecule has 122 valence electrons. The maximum Gasteiger partial charge on any atom is 0.295 e. The molecule has 0 spiro atoms. The number of amides is 1. The number of nitrogens with one attached hydrogen (secondary N) is 1. The average molecular weight is 323 g/mol. The van der Waals surface area contributed by atoms with Crippen LogP contribution in [0.15, 0.2) is 60.7 Å². The number of carbonyl (C=O) groups excluding carboxylic acids is 1. The van der Waals surface area contributed by atoms with E-state index < -0.39 is 5.91 Å². The highest BCUT2D eigenvalue weighted by Gasteiger charge is 2.16. The number of rotatable bonds is 5. The number of para-hydroxylation sites is 1. The Kier molecular flexibility index (Phi) is 4.58. The number of hydrogen-bond acceptors (Lipinski definition) is 4. The van der Waals surface area contributed by atoms with Crippen molar-refractivity contribution in [2.45, 2.75) is 0 Å². The Labute approximate surface area is 139 Å². The van der Waals surface area contributed by atoms with Crippen LogP contribution in [0.4, 0.5) is 0 Å². The van der Waals surface area contributed by atoms with E-state index in [1.807, 2.05) is 54.6 Å². The van der Waals surface area contributed by atoms with E-state index in [1.54, 1.807) is 17.9 Å². The van der Waals surface area contributed by atoms with E-state index in [1.165, 1.54) is 7.11 Å². The van der Waals surface area contributed by atoms with Gasteiger partial charge in [-0.1, -0.05) is 18.2 Å². The molecule has 0 unspecified atom stereocenters. The summed E-state index contributed by atoms with van der Waals surface area (Å²) in [5.41, 5.74) is 5.14. The van der Waals surface area contributed by atoms with E-state index in [9.17, 15) is 4.79 Å². The molecular formula is C18H17N3O3. The van der Waals surface area contributed by atoms with Crippen LogP contribution >= 0.6 is 0 Å². The Balaban J connectivity index is 2.09. The quantitative estimate of drug-likeness (QED) is 0.733. The van der Waals surface area contributed by atoms with Crippen molar-refractivity contribution >= 4 is 5.91 Å². The van der Waals surface area contributed by atoms with Crippen LogP contribution in [-0.4, -0.2) is 29.9 Å². The highest BCUT2D eigenvalue weighted by atomic mass is 16.6. The van der Waals surface area contributed by atoms with Gasteiger partial charge in [0, 0.05) is 5.56 Å². The summed E-state index contributed by atoms with van der Waals surface area (Å²) in [7, 11) is 3.01. The number of carbonyl (C=O) groups is 1. The first-order valence-corrected chi connectivity index (χ1v) is 7.36. The molecule has 1 aromatic heterocycles. The summed E-state index contributed by atoms with van der Waals surface area (Å²) >= 11 is 0. The molecule has 1 heterocycles. The topological polar surface area (TPSA) is 65.4 Å². The van der Waals surface area contributed by atoms with Crippen molar-refractivity contribution in [3.8, 4) is 22.7 Å². The molecule has 3 rings (SSSR count). The number of hydroxylamine groups is 1. The third-order valence-corrected chi connectivity index (χ3v) is 3.52. The summed E-state index contributed by atoms with van der Waals surface area (Å²) < 4.78 is 6.92. The molecule has 0 saturated carbocycles. The van der Waals surface area contributed by atoms with Gasteiger partial charge in [0.15, 0.2) is 5.69 Å². The molecule has 24 heavy (non-hydrogen) atoms. The second kappa shape index (κ2) is 6.97. The molecule has 3 aromatic rings. The molecule has 0 aliphatic heterocycles. The second-order valence-corrected chi connectivity index (χ2v) is 5.03. The fourth-order valence-electron chi connectivity index (χ4n) is 2.37. The Morgan fingerprint density at radius 1 is 1.04 bits per heavy atom. The minimum Gasteiger partial charge on any atom is -0.497 e. The van der Waals surface area contributed by atoms with Crippen LogP contribution in [0, 0.1) is 0 Å². The molecule has 2 aromatic carbocycles. The van der Waals surface area contributed by atoms with E-state index in [2.05, 4.69) is 15.4 Å². The van der Waals surface area contributed by atoms with Crippen molar-refractivity contribution in [1.29, 1.82) is 0 Å². The predicted molar refractivity (Wildman–Crippen MR) is 90.0 cm³/mol. The highest BCUT2D eigenvalue weighted by molar-refractivity contribution is 5.92. The second-order valence-electron chi connectivity index (χ2n) is 5.03. The van der Waals surface area contributed by atoms with Gasteiger partial charge in [-0.05, 0) is 42.5 Å². The number of aromatic nitrogens is 2. The summed E-state index contributed by atoms with van der Waals surface area (Å²) in [6, 6.07) is 18.9. The van der Waals surface area contributed by atoms with E-state index in [0.717, 1.165) is 22.7 Å². The van der Waals surface area contributed by atoms with Gasteiger partial charge in [0.05, 0.1) is 25.6 Å². The van der Waals surface area contributed by atoms with E-state index in [4.69, 9.17) is 4.74 Å². The molecule has 0 fully saturated rings. The van der Waals surface area contributed by atoms with Crippen molar-refractivity contribution < 1.29 is 14.4 Å². The van der Waals surface area contributed by atoms with Crippen LogP contribution in [0.5, 0.6) is 5.75 Å². The molecule has 0 bridgehead atoms. The van der Waals surface area contributed by atoms with Crippen LogP contribution in [0.25, 0.3) is 16.9 Å².